The van der Waals surface area contributed by atoms with E-state index in [4.69, 9.17) is 9.57 Å². The zero-order valence-corrected chi connectivity index (χ0v) is 39.1. The first-order chi connectivity index (χ1) is 30.9. The number of aromatic hydroxyl groups is 1. The van der Waals surface area contributed by atoms with Gasteiger partial charge in [0.2, 0.25) is 17.7 Å². The summed E-state index contributed by atoms with van der Waals surface area (Å²) in [5.74, 6) is -2.65. The van der Waals surface area contributed by atoms with Crippen molar-refractivity contribution in [3.8, 4) is 28.1 Å². The van der Waals surface area contributed by atoms with Crippen LogP contribution in [0.1, 0.15) is 71.1 Å². The predicted molar refractivity (Wildman–Crippen MR) is 246 cm³/mol. The number of hydrogen-bond donors (Lipinski definition) is 3. The molecule has 2 fully saturated rings. The van der Waals surface area contributed by atoms with Gasteiger partial charge in [-0.05, 0) is 96.7 Å². The molecule has 3 N–H and O–H groups in total. The van der Waals surface area contributed by atoms with Gasteiger partial charge < -0.3 is 34.4 Å². The molecule has 0 radical (unpaired) electrons. The number of cyclic esters (lactones) is 1. The number of ether oxygens (including phenoxy) is 1. The average molecular weight is 893 g/mol. The average Bonchev–Trinajstić information content (AvgIpc) is 4.02. The topological polar surface area (TPSA) is 179 Å². The number of fused-ring (bicyclic) bond motifs is 6. The second-order valence-electron chi connectivity index (χ2n) is 18.8. The molecule has 5 atom stereocenters. The van der Waals surface area contributed by atoms with E-state index in [2.05, 4.69) is 66.2 Å². The number of hydroxylamine groups is 2. The lowest BCUT2D eigenvalue weighted by Gasteiger charge is -2.37. The number of hydrazine groups is 1. The molecular formula is C49H64N8O8. The van der Waals surface area contributed by atoms with Crippen molar-refractivity contribution >= 4 is 40.5 Å². The smallest absolute Gasteiger partial charge is 0.324 e. The van der Waals surface area contributed by atoms with E-state index < -0.39 is 53.3 Å². The molecule has 16 nitrogen and oxygen atoms in total. The molecule has 3 aliphatic heterocycles. The molecule has 5 heterocycles. The molecule has 348 valence electrons. The van der Waals surface area contributed by atoms with Crippen LogP contribution in [0.25, 0.3) is 33.3 Å². The van der Waals surface area contributed by atoms with Crippen LogP contribution in [0, 0.1) is 11.3 Å². The fraction of sp³-hybridized carbons (Fsp3) is 0.510. The Balaban J connectivity index is 1.27. The zero-order valence-electron chi connectivity index (χ0n) is 39.1. The van der Waals surface area contributed by atoms with Crippen molar-refractivity contribution in [3.05, 3.63) is 71.5 Å². The Hall–Kier alpha value is -5.84. The third kappa shape index (κ3) is 10.0. The van der Waals surface area contributed by atoms with Crippen molar-refractivity contribution in [1.82, 2.24) is 40.2 Å². The molecule has 16 heteroatoms. The molecule has 4 aromatic rings. The number of nitrogens with zero attached hydrogens (tertiary/aromatic N) is 6. The number of esters is 1. The molecule has 2 aromatic carbocycles. The summed E-state index contributed by atoms with van der Waals surface area (Å²) in [6, 6.07) is 10.1. The molecule has 4 amide bonds. The first-order valence-electron chi connectivity index (χ1n) is 22.7. The highest BCUT2D eigenvalue weighted by Gasteiger charge is 2.44. The highest BCUT2D eigenvalue weighted by molar-refractivity contribution is 5.96. The first kappa shape index (κ1) is 47.1. The Morgan fingerprint density at radius 3 is 2.54 bits per heavy atom. The molecule has 1 unspecified atom stereocenters. The third-order valence-corrected chi connectivity index (χ3v) is 12.9. The summed E-state index contributed by atoms with van der Waals surface area (Å²) in [4.78, 5) is 81.9. The number of aryl methyl sites for hydroxylation is 2. The number of pyridine rings is 1. The second kappa shape index (κ2) is 19.3. The van der Waals surface area contributed by atoms with Crippen LogP contribution in [0.2, 0.25) is 0 Å². The summed E-state index contributed by atoms with van der Waals surface area (Å²) in [5.41, 5.74) is 10.2. The van der Waals surface area contributed by atoms with Gasteiger partial charge in [0, 0.05) is 67.9 Å². The molecule has 7 rings (SSSR count). The van der Waals surface area contributed by atoms with Gasteiger partial charge in [0.05, 0.1) is 32.5 Å². The maximum absolute atomic E-state index is 14.7. The number of amides is 4. The van der Waals surface area contributed by atoms with Crippen LogP contribution in [-0.2, 0) is 59.4 Å². The van der Waals surface area contributed by atoms with Gasteiger partial charge in [0.1, 0.15) is 29.9 Å². The van der Waals surface area contributed by atoms with E-state index in [1.54, 1.807) is 26.0 Å². The summed E-state index contributed by atoms with van der Waals surface area (Å²) in [6.07, 6.45) is 6.08. The molecular weight excluding hydrogens is 829 g/mol. The molecule has 65 heavy (non-hydrogen) atoms. The van der Waals surface area contributed by atoms with Crippen molar-refractivity contribution < 1.29 is 38.7 Å². The molecule has 0 saturated carbocycles. The van der Waals surface area contributed by atoms with Gasteiger partial charge in [-0.25, -0.2) is 5.43 Å². The minimum absolute atomic E-state index is 0.0107. The molecule has 2 saturated heterocycles. The number of hydrogen-bond acceptors (Lipinski definition) is 11. The number of likely N-dealkylation sites (N-methyl/N-ethyl adjacent to an activating group) is 2. The van der Waals surface area contributed by atoms with Crippen molar-refractivity contribution in [2.45, 2.75) is 104 Å². The van der Waals surface area contributed by atoms with Gasteiger partial charge in [-0.3, -0.25) is 34.0 Å². The number of benzene rings is 2. The van der Waals surface area contributed by atoms with E-state index in [1.165, 1.54) is 46.6 Å². The van der Waals surface area contributed by atoms with Gasteiger partial charge in [-0.1, -0.05) is 46.8 Å². The SMILES string of the molecule is CCc1ccncc1-c1c2c3cc(ccc3n1CC)-c1cc(O)cc(c1)C[C@H](NC(=O)[C@H](C(C)C)N(C)C(=O)CN(C)C(=O)[C@@H]1CN1OC)C(=O)N1CCC[C@H](N1)C(=O)OCC(C)(C)C2. The second-order valence-corrected chi connectivity index (χ2v) is 18.8. The molecule has 2 aromatic heterocycles. The van der Waals surface area contributed by atoms with Gasteiger partial charge >= 0.3 is 5.97 Å². The van der Waals surface area contributed by atoms with Crippen molar-refractivity contribution in [3.63, 3.8) is 0 Å². The maximum atomic E-state index is 14.7. The standard InChI is InChI=1S/C49H64N8O8/c1-10-31-16-17-50-25-37(31)44-36-24-49(5,6)28-65-48(63)38-13-12-18-56(52-38)46(61)39(21-30-19-33(22-34(58)20-30)32-14-15-40(35(36)23-32)55(44)11-2)51-45(60)43(29(3)4)54(8)42(59)27-53(7)47(62)41-26-57(41)64-9/h14-17,19-20,22-23,25,29,38-39,41,43,52,58H,10-13,18,21,24,26-28H2,1-9H3,(H,51,60)/t38-,39-,41-,43-,57?/m0/s1. The lowest BCUT2D eigenvalue weighted by Crippen LogP contribution is -2.62. The van der Waals surface area contributed by atoms with Crippen molar-refractivity contribution in [1.29, 1.82) is 0 Å². The Bertz CT molecular complexity index is 2470. The largest absolute Gasteiger partial charge is 0.508 e. The number of carbonyl (C=O) groups excluding carboxylic acids is 5. The van der Waals surface area contributed by atoms with E-state index in [0.29, 0.717) is 37.9 Å². The van der Waals surface area contributed by atoms with Gasteiger partial charge in [0.25, 0.3) is 5.91 Å². The van der Waals surface area contributed by atoms with Crippen LogP contribution < -0.4 is 10.7 Å². The van der Waals surface area contributed by atoms with Gasteiger partial charge in [-0.2, -0.15) is 5.06 Å². The first-order valence-corrected chi connectivity index (χ1v) is 22.7. The zero-order chi connectivity index (χ0) is 46.9. The monoisotopic (exact) mass is 892 g/mol. The third-order valence-electron chi connectivity index (χ3n) is 12.9. The lowest BCUT2D eigenvalue weighted by atomic mass is 9.84. The maximum Gasteiger partial charge on any atom is 0.324 e. The van der Waals surface area contributed by atoms with Gasteiger partial charge in [-0.15, -0.1) is 0 Å². The number of phenolic OH excluding ortho intramolecular Hbond substituents is 1. The quantitative estimate of drug-likeness (QED) is 0.143. The number of rotatable bonds is 11. The summed E-state index contributed by atoms with van der Waals surface area (Å²) < 4.78 is 8.40. The van der Waals surface area contributed by atoms with E-state index in [-0.39, 0.29) is 43.7 Å². The molecule has 0 aliphatic carbocycles. The summed E-state index contributed by atoms with van der Waals surface area (Å²) in [5, 5.41) is 18.2. The number of aromatic nitrogens is 2. The van der Waals surface area contributed by atoms with Crippen LogP contribution in [-0.4, -0.2) is 136 Å². The van der Waals surface area contributed by atoms with Crippen LogP contribution >= 0.6 is 0 Å². The minimum Gasteiger partial charge on any atom is -0.508 e. The molecule has 3 aliphatic rings. The van der Waals surface area contributed by atoms with Crippen LogP contribution in [0.3, 0.4) is 0 Å². The normalized spacial score (nSPS) is 21.4. The lowest BCUT2D eigenvalue weighted by molar-refractivity contribution is -0.155. The minimum atomic E-state index is -1.18. The van der Waals surface area contributed by atoms with E-state index in [9.17, 15) is 29.1 Å². The van der Waals surface area contributed by atoms with Crippen LogP contribution in [0.15, 0.2) is 54.9 Å². The van der Waals surface area contributed by atoms with Crippen LogP contribution in [0.4, 0.5) is 0 Å². The van der Waals surface area contributed by atoms with E-state index in [0.717, 1.165) is 45.3 Å². The molecule has 0 spiro atoms. The van der Waals surface area contributed by atoms with E-state index >= 15 is 0 Å². The Kier molecular flexibility index (Phi) is 14.0. The predicted octanol–water partition coefficient (Wildman–Crippen LogP) is 4.49. The highest BCUT2D eigenvalue weighted by Crippen LogP contribution is 2.41. The fourth-order valence-corrected chi connectivity index (χ4v) is 9.47. The number of carbonyl (C=O) groups is 5. The van der Waals surface area contributed by atoms with Crippen LogP contribution in [0.5, 0.6) is 5.75 Å². The Morgan fingerprint density at radius 1 is 1.08 bits per heavy atom. The number of phenols is 1. The van der Waals surface area contributed by atoms with Crippen molar-refractivity contribution in [2.75, 3.05) is 47.4 Å². The fourth-order valence-electron chi connectivity index (χ4n) is 9.47. The van der Waals surface area contributed by atoms with Gasteiger partial charge in [0.15, 0.2) is 0 Å². The Morgan fingerprint density at radius 2 is 1.85 bits per heavy atom. The Labute approximate surface area is 381 Å². The summed E-state index contributed by atoms with van der Waals surface area (Å²) in [7, 11) is 4.52. The number of nitrogens with one attached hydrogen (secondary N) is 2. The summed E-state index contributed by atoms with van der Waals surface area (Å²) in [6.45, 7) is 13.3. The van der Waals surface area contributed by atoms with E-state index in [1.807, 2.05) is 24.5 Å². The summed E-state index contributed by atoms with van der Waals surface area (Å²) >= 11 is 0. The van der Waals surface area contributed by atoms with Crippen molar-refractivity contribution in [2.24, 2.45) is 11.3 Å². The highest BCUT2D eigenvalue weighted by atomic mass is 16.7. The molecule has 6 bridgehead atoms.